The third kappa shape index (κ3) is 4.07. The molecule has 1 aromatic rings. The van der Waals surface area contributed by atoms with E-state index >= 15 is 0 Å². The van der Waals surface area contributed by atoms with Crippen molar-refractivity contribution in [3.8, 4) is 6.07 Å². The highest BCUT2D eigenvalue weighted by atomic mass is 32.2. The van der Waals surface area contributed by atoms with Gasteiger partial charge in [-0.15, -0.1) is 0 Å². The van der Waals surface area contributed by atoms with Gasteiger partial charge in [0.15, 0.2) is 5.12 Å². The molecule has 126 valence electrons. The molecule has 0 N–H and O–H groups in total. The van der Waals surface area contributed by atoms with Gasteiger partial charge in [0.25, 0.3) is 0 Å². The molecule has 0 unspecified atom stereocenters. The number of pyridine rings is 1. The quantitative estimate of drug-likeness (QED) is 0.781. The van der Waals surface area contributed by atoms with Crippen molar-refractivity contribution in [1.82, 2.24) is 4.98 Å². The van der Waals surface area contributed by atoms with Gasteiger partial charge < -0.3 is 9.31 Å². The maximum Gasteiger partial charge on any atom is 0.491 e. The van der Waals surface area contributed by atoms with Crippen molar-refractivity contribution in [3.05, 3.63) is 35.1 Å². The zero-order valence-corrected chi connectivity index (χ0v) is 15.4. The first kappa shape index (κ1) is 18.7. The molecule has 1 aromatic heterocycles. The Labute approximate surface area is 147 Å². The molecule has 0 saturated carbocycles. The van der Waals surface area contributed by atoms with Crippen molar-refractivity contribution in [1.29, 1.82) is 5.26 Å². The second kappa shape index (κ2) is 7.10. The molecule has 2 rings (SSSR count). The summed E-state index contributed by atoms with van der Waals surface area (Å²) in [5.41, 5.74) is 0.890. The maximum absolute atomic E-state index is 11.4. The molecule has 0 aromatic carbocycles. The molecule has 0 radical (unpaired) electrons. The summed E-state index contributed by atoms with van der Waals surface area (Å²) in [6, 6.07) is 5.66. The molecule has 1 aliphatic rings. The monoisotopic (exact) mass is 344 g/mol. The Morgan fingerprint density at radius 1 is 1.38 bits per heavy atom. The van der Waals surface area contributed by atoms with Crippen molar-refractivity contribution in [3.63, 3.8) is 0 Å². The summed E-state index contributed by atoms with van der Waals surface area (Å²) < 4.78 is 12.2. The molecule has 5 nitrogen and oxygen atoms in total. The average Bonchev–Trinajstić information content (AvgIpc) is 2.71. The normalized spacial score (nSPS) is 19.2. The number of carbonyl (C=O) groups excluding carboxylic acids is 1. The van der Waals surface area contributed by atoms with Gasteiger partial charge in [-0.25, -0.2) is 4.98 Å². The van der Waals surface area contributed by atoms with Crippen LogP contribution in [0.2, 0.25) is 0 Å². The van der Waals surface area contributed by atoms with Crippen LogP contribution in [0, 0.1) is 11.3 Å². The standard InChI is InChI=1S/C17H21BN2O3S/c1-12(21)24-11-14(9-13-7-6-8-20-15(13)10-19)18-22-16(2,3)17(4,5)23-18/h6-9H,11H2,1-5H3. The second-order valence-electron chi connectivity index (χ2n) is 6.64. The number of rotatable bonds is 4. The summed E-state index contributed by atoms with van der Waals surface area (Å²) in [6.45, 7) is 9.44. The summed E-state index contributed by atoms with van der Waals surface area (Å²) in [7, 11) is -0.561. The number of hydrogen-bond acceptors (Lipinski definition) is 6. The molecule has 0 bridgehead atoms. The van der Waals surface area contributed by atoms with Crippen LogP contribution in [0.3, 0.4) is 0 Å². The lowest BCUT2D eigenvalue weighted by Gasteiger charge is -2.32. The first-order valence-corrected chi connectivity index (χ1v) is 8.69. The van der Waals surface area contributed by atoms with Crippen LogP contribution in [0.4, 0.5) is 0 Å². The Hall–Kier alpha value is -1.62. The average molecular weight is 344 g/mol. The minimum Gasteiger partial charge on any atom is -0.400 e. The predicted octanol–water partition coefficient (Wildman–Crippen LogP) is 3.25. The molecule has 0 amide bonds. The number of thioether (sulfide) groups is 1. The van der Waals surface area contributed by atoms with E-state index in [2.05, 4.69) is 11.1 Å². The van der Waals surface area contributed by atoms with E-state index in [9.17, 15) is 10.1 Å². The van der Waals surface area contributed by atoms with Gasteiger partial charge in [-0.3, -0.25) is 4.79 Å². The summed E-state index contributed by atoms with van der Waals surface area (Å²) in [6.07, 6.45) is 3.41. The highest BCUT2D eigenvalue weighted by Gasteiger charge is 2.52. The van der Waals surface area contributed by atoms with Gasteiger partial charge in [0.05, 0.1) is 11.2 Å². The maximum atomic E-state index is 11.4. The van der Waals surface area contributed by atoms with Gasteiger partial charge in [0.1, 0.15) is 11.8 Å². The van der Waals surface area contributed by atoms with Crippen molar-refractivity contribution in [2.75, 3.05) is 5.75 Å². The van der Waals surface area contributed by atoms with Crippen LogP contribution in [0.5, 0.6) is 0 Å². The molecule has 1 fully saturated rings. The van der Waals surface area contributed by atoms with Crippen LogP contribution in [-0.4, -0.2) is 34.2 Å². The summed E-state index contributed by atoms with van der Waals surface area (Å²) in [4.78, 5) is 15.5. The first-order chi connectivity index (χ1) is 11.2. The Kier molecular flexibility index (Phi) is 5.54. The van der Waals surface area contributed by atoms with E-state index in [4.69, 9.17) is 9.31 Å². The Bertz CT molecular complexity index is 694. The Morgan fingerprint density at radius 2 is 2.00 bits per heavy atom. The molecule has 0 spiro atoms. The molecule has 1 saturated heterocycles. The molecule has 0 atom stereocenters. The SMILES string of the molecule is CC(=O)SCC(=Cc1cccnc1C#N)B1OC(C)(C)C(C)(C)O1. The summed E-state index contributed by atoms with van der Waals surface area (Å²) in [5, 5.41) is 9.24. The zero-order valence-electron chi connectivity index (χ0n) is 14.6. The number of carbonyl (C=O) groups is 1. The lowest BCUT2D eigenvalue weighted by Crippen LogP contribution is -2.41. The zero-order chi connectivity index (χ0) is 18.0. The van der Waals surface area contributed by atoms with E-state index in [1.165, 1.54) is 18.7 Å². The highest BCUT2D eigenvalue weighted by Crippen LogP contribution is 2.39. The van der Waals surface area contributed by atoms with E-state index < -0.39 is 18.3 Å². The van der Waals surface area contributed by atoms with Gasteiger partial charge in [-0.05, 0) is 39.2 Å². The van der Waals surface area contributed by atoms with Gasteiger partial charge in [-0.2, -0.15) is 5.26 Å². The topological polar surface area (TPSA) is 72.2 Å². The van der Waals surface area contributed by atoms with E-state index in [0.29, 0.717) is 17.0 Å². The van der Waals surface area contributed by atoms with Crippen molar-refractivity contribution < 1.29 is 14.1 Å². The third-order valence-electron chi connectivity index (χ3n) is 4.28. The minimum absolute atomic E-state index is 0.0177. The molecule has 2 heterocycles. The second-order valence-corrected chi connectivity index (χ2v) is 7.79. The fourth-order valence-corrected chi connectivity index (χ4v) is 2.77. The minimum atomic E-state index is -0.561. The van der Waals surface area contributed by atoms with Crippen LogP contribution < -0.4 is 0 Å². The predicted molar refractivity (Wildman–Crippen MR) is 96.2 cm³/mol. The van der Waals surface area contributed by atoms with Crippen molar-refractivity contribution in [2.45, 2.75) is 45.8 Å². The Balaban J connectivity index is 2.38. The van der Waals surface area contributed by atoms with Gasteiger partial charge >= 0.3 is 7.12 Å². The first-order valence-electron chi connectivity index (χ1n) is 7.71. The van der Waals surface area contributed by atoms with E-state index in [1.807, 2.05) is 39.8 Å². The van der Waals surface area contributed by atoms with Crippen LogP contribution in [0.1, 0.15) is 45.9 Å². The summed E-state index contributed by atoms with van der Waals surface area (Å²) in [5.74, 6) is 0.436. The van der Waals surface area contributed by atoms with Crippen LogP contribution in [0.15, 0.2) is 23.8 Å². The lowest BCUT2D eigenvalue weighted by atomic mass is 9.78. The number of nitriles is 1. The fraction of sp³-hybridized carbons (Fsp3) is 0.471. The summed E-state index contributed by atoms with van der Waals surface area (Å²) >= 11 is 1.19. The smallest absolute Gasteiger partial charge is 0.400 e. The van der Waals surface area contributed by atoms with Crippen molar-refractivity contribution >= 4 is 30.1 Å². The molecule has 7 heteroatoms. The highest BCUT2D eigenvalue weighted by molar-refractivity contribution is 8.13. The van der Waals surface area contributed by atoms with Crippen LogP contribution in [0.25, 0.3) is 6.08 Å². The molecule has 24 heavy (non-hydrogen) atoms. The molecular weight excluding hydrogens is 323 g/mol. The van der Waals surface area contributed by atoms with E-state index in [1.54, 1.807) is 12.3 Å². The molecule has 0 aliphatic carbocycles. The van der Waals surface area contributed by atoms with Gasteiger partial charge in [0.2, 0.25) is 0 Å². The lowest BCUT2D eigenvalue weighted by molar-refractivity contribution is -0.109. The number of hydrogen-bond donors (Lipinski definition) is 0. The van der Waals surface area contributed by atoms with Crippen molar-refractivity contribution in [2.24, 2.45) is 0 Å². The number of aromatic nitrogens is 1. The molecule has 1 aliphatic heterocycles. The fourth-order valence-electron chi connectivity index (χ4n) is 2.18. The van der Waals surface area contributed by atoms with Crippen LogP contribution >= 0.6 is 11.8 Å². The van der Waals surface area contributed by atoms with Gasteiger partial charge in [0, 0.05) is 24.4 Å². The molecular formula is C17H21BN2O3S. The largest absolute Gasteiger partial charge is 0.491 e. The van der Waals surface area contributed by atoms with Gasteiger partial charge in [-0.1, -0.05) is 23.9 Å². The number of nitrogens with zero attached hydrogens (tertiary/aromatic N) is 2. The van der Waals surface area contributed by atoms with E-state index in [-0.39, 0.29) is 5.12 Å². The van der Waals surface area contributed by atoms with Crippen LogP contribution in [-0.2, 0) is 14.1 Å². The third-order valence-corrected chi connectivity index (χ3v) is 5.17. The van der Waals surface area contributed by atoms with E-state index in [0.717, 1.165) is 5.47 Å². The Morgan fingerprint density at radius 3 is 2.54 bits per heavy atom.